The quantitative estimate of drug-likeness (QED) is 0.419. The topological polar surface area (TPSA) is 58.2 Å². The van der Waals surface area contributed by atoms with Crippen molar-refractivity contribution in [2.45, 2.75) is 11.8 Å². The van der Waals surface area contributed by atoms with Gasteiger partial charge in [-0.2, -0.15) is 0 Å². The molecule has 4 aromatic rings. The highest BCUT2D eigenvalue weighted by Gasteiger charge is 2.55. The van der Waals surface area contributed by atoms with Crippen molar-refractivity contribution in [2.24, 2.45) is 11.8 Å². The van der Waals surface area contributed by atoms with Crippen LogP contribution in [0.2, 0.25) is 0 Å². The summed E-state index contributed by atoms with van der Waals surface area (Å²) in [7, 11) is 0. The van der Waals surface area contributed by atoms with E-state index in [9.17, 15) is 9.59 Å². The van der Waals surface area contributed by atoms with Crippen LogP contribution in [0.3, 0.4) is 0 Å². The molecule has 4 nitrogen and oxygen atoms in total. The summed E-state index contributed by atoms with van der Waals surface area (Å²) in [6.45, 7) is 0. The van der Waals surface area contributed by atoms with Crippen LogP contribution in [0, 0.1) is 11.8 Å². The second-order valence-corrected chi connectivity index (χ2v) is 8.98. The SMILES string of the molecule is O=C(Nc1ccccc1)[C@H]1C2c3ccccc3C(c3ccccc32)[C@@H]1C(=O)Nc1ccccc1. The zero-order valence-corrected chi connectivity index (χ0v) is 18.5. The van der Waals surface area contributed by atoms with Gasteiger partial charge in [0.2, 0.25) is 11.8 Å². The molecule has 4 heteroatoms. The van der Waals surface area contributed by atoms with E-state index in [2.05, 4.69) is 34.9 Å². The molecule has 0 saturated carbocycles. The molecule has 7 rings (SSSR count). The number of nitrogens with one attached hydrogen (secondary N) is 2. The molecule has 3 aliphatic rings. The van der Waals surface area contributed by atoms with Gasteiger partial charge in [0.1, 0.15) is 0 Å². The number of carbonyl (C=O) groups is 2. The number of hydrogen-bond acceptors (Lipinski definition) is 2. The van der Waals surface area contributed by atoms with Crippen molar-refractivity contribution in [3.8, 4) is 0 Å². The predicted octanol–water partition coefficient (Wildman–Crippen LogP) is 5.79. The Labute approximate surface area is 198 Å². The van der Waals surface area contributed by atoms with Crippen LogP contribution in [0.25, 0.3) is 0 Å². The third kappa shape index (κ3) is 3.30. The first-order valence-electron chi connectivity index (χ1n) is 11.6. The Kier molecular flexibility index (Phi) is 4.99. The molecule has 0 heterocycles. The number of para-hydroxylation sites is 2. The highest BCUT2D eigenvalue weighted by Crippen LogP contribution is 2.58. The Morgan fingerprint density at radius 3 is 1.06 bits per heavy atom. The fourth-order valence-electron chi connectivity index (χ4n) is 5.80. The molecule has 0 saturated heterocycles. The van der Waals surface area contributed by atoms with Crippen molar-refractivity contribution in [3.63, 3.8) is 0 Å². The van der Waals surface area contributed by atoms with E-state index in [1.165, 1.54) is 0 Å². The Morgan fingerprint density at radius 1 is 0.441 bits per heavy atom. The van der Waals surface area contributed by atoms with Gasteiger partial charge in [0.25, 0.3) is 0 Å². The second kappa shape index (κ2) is 8.31. The molecule has 2 atom stereocenters. The lowest BCUT2D eigenvalue weighted by Crippen LogP contribution is -2.50. The summed E-state index contributed by atoms with van der Waals surface area (Å²) < 4.78 is 0. The van der Waals surface area contributed by atoms with Gasteiger partial charge in [-0.3, -0.25) is 9.59 Å². The third-order valence-corrected chi connectivity index (χ3v) is 7.13. The van der Waals surface area contributed by atoms with E-state index in [0.717, 1.165) is 33.6 Å². The first kappa shape index (κ1) is 20.4. The van der Waals surface area contributed by atoms with Crippen LogP contribution >= 0.6 is 0 Å². The van der Waals surface area contributed by atoms with Crippen LogP contribution in [-0.2, 0) is 9.59 Å². The molecular weight excluding hydrogens is 420 g/mol. The Hall–Kier alpha value is -4.18. The first-order chi connectivity index (χ1) is 16.7. The van der Waals surface area contributed by atoms with Gasteiger partial charge < -0.3 is 10.6 Å². The molecule has 0 aliphatic heterocycles. The number of hydrogen-bond donors (Lipinski definition) is 2. The van der Waals surface area contributed by atoms with E-state index in [1.54, 1.807) is 0 Å². The van der Waals surface area contributed by atoms with Crippen molar-refractivity contribution in [1.29, 1.82) is 0 Å². The normalized spacial score (nSPS) is 21.8. The van der Waals surface area contributed by atoms with Gasteiger partial charge in [-0.25, -0.2) is 0 Å². The summed E-state index contributed by atoms with van der Waals surface area (Å²) >= 11 is 0. The summed E-state index contributed by atoms with van der Waals surface area (Å²) in [6, 6.07) is 35.4. The van der Waals surface area contributed by atoms with Gasteiger partial charge in [0, 0.05) is 23.2 Å². The van der Waals surface area contributed by atoms with E-state index in [1.807, 2.05) is 84.9 Å². The lowest BCUT2D eigenvalue weighted by molar-refractivity contribution is -0.131. The van der Waals surface area contributed by atoms with Crippen LogP contribution < -0.4 is 10.6 Å². The summed E-state index contributed by atoms with van der Waals surface area (Å²) in [4.78, 5) is 27.7. The molecule has 2 bridgehead atoms. The summed E-state index contributed by atoms with van der Waals surface area (Å²) in [5.41, 5.74) is 6.04. The molecule has 34 heavy (non-hydrogen) atoms. The first-order valence-corrected chi connectivity index (χ1v) is 11.6. The molecule has 3 aliphatic carbocycles. The van der Waals surface area contributed by atoms with E-state index in [-0.39, 0.29) is 23.7 Å². The third-order valence-electron chi connectivity index (χ3n) is 7.13. The monoisotopic (exact) mass is 444 g/mol. The van der Waals surface area contributed by atoms with Gasteiger partial charge in [-0.1, -0.05) is 84.9 Å². The maximum absolute atomic E-state index is 13.9. The lowest BCUT2D eigenvalue weighted by Gasteiger charge is -2.49. The molecule has 0 aromatic heterocycles. The van der Waals surface area contributed by atoms with Crippen LogP contribution in [0.5, 0.6) is 0 Å². The molecule has 4 aromatic carbocycles. The van der Waals surface area contributed by atoms with E-state index in [4.69, 9.17) is 0 Å². The minimum atomic E-state index is -0.529. The number of carbonyl (C=O) groups excluding carboxylic acids is 2. The van der Waals surface area contributed by atoms with Gasteiger partial charge in [0.05, 0.1) is 11.8 Å². The van der Waals surface area contributed by atoms with Crippen LogP contribution in [0.15, 0.2) is 109 Å². The fourth-order valence-corrected chi connectivity index (χ4v) is 5.80. The average Bonchev–Trinajstić information content (AvgIpc) is 2.89. The molecule has 166 valence electrons. The number of rotatable bonds is 4. The average molecular weight is 445 g/mol. The molecule has 2 N–H and O–H groups in total. The van der Waals surface area contributed by atoms with Crippen LogP contribution in [0.4, 0.5) is 11.4 Å². The maximum Gasteiger partial charge on any atom is 0.229 e. The Balaban J connectivity index is 1.48. The largest absolute Gasteiger partial charge is 0.326 e. The van der Waals surface area contributed by atoms with Gasteiger partial charge in [0.15, 0.2) is 0 Å². The minimum Gasteiger partial charge on any atom is -0.326 e. The lowest BCUT2D eigenvalue weighted by atomic mass is 9.53. The fraction of sp³-hybridized carbons (Fsp3) is 0.133. The molecule has 0 unspecified atom stereocenters. The van der Waals surface area contributed by atoms with Crippen molar-refractivity contribution < 1.29 is 9.59 Å². The van der Waals surface area contributed by atoms with E-state index >= 15 is 0 Å². The molecule has 0 fully saturated rings. The Morgan fingerprint density at radius 2 is 0.735 bits per heavy atom. The number of amides is 2. The van der Waals surface area contributed by atoms with E-state index in [0.29, 0.717) is 0 Å². The van der Waals surface area contributed by atoms with Crippen molar-refractivity contribution in [1.82, 2.24) is 0 Å². The highest BCUT2D eigenvalue weighted by atomic mass is 16.2. The minimum absolute atomic E-state index is 0.126. The number of fused-ring (bicyclic) bond motifs is 1. The molecule has 0 spiro atoms. The molecule has 2 amide bonds. The smallest absolute Gasteiger partial charge is 0.229 e. The molecular formula is C30H24N2O2. The van der Waals surface area contributed by atoms with E-state index < -0.39 is 11.8 Å². The second-order valence-electron chi connectivity index (χ2n) is 8.98. The van der Waals surface area contributed by atoms with Gasteiger partial charge in [-0.05, 0) is 46.5 Å². The highest BCUT2D eigenvalue weighted by molar-refractivity contribution is 6.02. The maximum atomic E-state index is 13.9. The zero-order chi connectivity index (χ0) is 23.1. The zero-order valence-electron chi connectivity index (χ0n) is 18.5. The van der Waals surface area contributed by atoms with Crippen molar-refractivity contribution in [3.05, 3.63) is 131 Å². The summed E-state index contributed by atoms with van der Waals surface area (Å²) in [6.07, 6.45) is 0. The predicted molar refractivity (Wildman–Crippen MR) is 134 cm³/mol. The molecule has 0 radical (unpaired) electrons. The van der Waals surface area contributed by atoms with Gasteiger partial charge in [-0.15, -0.1) is 0 Å². The van der Waals surface area contributed by atoms with Crippen LogP contribution in [-0.4, -0.2) is 11.8 Å². The Bertz CT molecular complexity index is 1210. The number of anilines is 2. The standard InChI is InChI=1S/C30H24N2O2/c33-29(31-19-11-3-1-4-12-19)27-25-21-15-7-9-17-23(21)26(24-18-10-8-16-22(24)25)28(27)30(34)32-20-13-5-2-6-14-20/h1-18,25-28H,(H,31,33)(H,32,34)/t25?,26?,27-,28-/m0/s1. The summed E-state index contributed by atoms with van der Waals surface area (Å²) in [5, 5.41) is 6.18. The van der Waals surface area contributed by atoms with Crippen LogP contribution in [0.1, 0.15) is 34.1 Å². The summed E-state index contributed by atoms with van der Waals surface area (Å²) in [5.74, 6) is -1.69. The van der Waals surface area contributed by atoms with Crippen molar-refractivity contribution in [2.75, 3.05) is 10.6 Å². The van der Waals surface area contributed by atoms with Gasteiger partial charge >= 0.3 is 0 Å². The van der Waals surface area contributed by atoms with Crippen molar-refractivity contribution >= 4 is 23.2 Å². The number of benzene rings is 4.